The second kappa shape index (κ2) is 5.74. The van der Waals surface area contributed by atoms with Crippen LogP contribution in [0.3, 0.4) is 0 Å². The van der Waals surface area contributed by atoms with E-state index in [-0.39, 0.29) is 12.4 Å². The van der Waals surface area contributed by atoms with Crippen LogP contribution in [0.2, 0.25) is 0 Å². The van der Waals surface area contributed by atoms with Gasteiger partial charge < -0.3 is 5.32 Å². The zero-order valence-electron chi connectivity index (χ0n) is 9.52. The van der Waals surface area contributed by atoms with Gasteiger partial charge in [-0.2, -0.15) is 13.2 Å². The van der Waals surface area contributed by atoms with Crippen molar-refractivity contribution in [3.8, 4) is 0 Å². The fourth-order valence-corrected chi connectivity index (χ4v) is 1.76. The molecule has 1 aromatic carbocycles. The molecule has 0 saturated heterocycles. The van der Waals surface area contributed by atoms with Crippen LogP contribution in [-0.2, 0) is 5.54 Å². The van der Waals surface area contributed by atoms with E-state index >= 15 is 0 Å². The van der Waals surface area contributed by atoms with Crippen LogP contribution in [0.1, 0.15) is 18.9 Å². The van der Waals surface area contributed by atoms with Gasteiger partial charge in [-0.1, -0.05) is 30.3 Å². The number of benzene rings is 1. The van der Waals surface area contributed by atoms with Gasteiger partial charge in [-0.3, -0.25) is 0 Å². The molecule has 0 aliphatic heterocycles. The lowest BCUT2D eigenvalue weighted by Crippen LogP contribution is -2.42. The Hall–Kier alpha value is -0.740. The molecule has 0 aliphatic rings. The van der Waals surface area contributed by atoms with E-state index in [9.17, 15) is 13.2 Å². The molecule has 1 unspecified atom stereocenters. The van der Waals surface area contributed by atoms with E-state index in [1.165, 1.54) is 0 Å². The van der Waals surface area contributed by atoms with Crippen molar-refractivity contribution in [2.45, 2.75) is 25.1 Å². The summed E-state index contributed by atoms with van der Waals surface area (Å²) < 4.78 is 36.2. The molecule has 5 heteroatoms. The molecule has 0 saturated carbocycles. The standard InChI is InChI=1S/C12H15ClF3N/c1-11(9-13,10-5-3-2-4-6-10)17-8-7-12(14,15)16/h2-6,17H,7-9H2,1H3. The van der Waals surface area contributed by atoms with E-state index in [0.29, 0.717) is 0 Å². The Morgan fingerprint density at radius 2 is 1.76 bits per heavy atom. The van der Waals surface area contributed by atoms with Crippen molar-refractivity contribution in [2.75, 3.05) is 12.4 Å². The molecule has 0 aliphatic carbocycles. The van der Waals surface area contributed by atoms with Gasteiger partial charge in [0, 0.05) is 12.4 Å². The molecule has 0 heterocycles. The van der Waals surface area contributed by atoms with E-state index < -0.39 is 18.1 Å². The van der Waals surface area contributed by atoms with Gasteiger partial charge in [0.25, 0.3) is 0 Å². The predicted octanol–water partition coefficient (Wildman–Crippen LogP) is 3.68. The number of hydrogen-bond acceptors (Lipinski definition) is 1. The molecular weight excluding hydrogens is 251 g/mol. The third kappa shape index (κ3) is 4.56. The lowest BCUT2D eigenvalue weighted by Gasteiger charge is -2.29. The van der Waals surface area contributed by atoms with Crippen molar-refractivity contribution < 1.29 is 13.2 Å². The molecule has 0 bridgehead atoms. The Kier molecular flexibility index (Phi) is 4.83. The first kappa shape index (κ1) is 14.3. The highest BCUT2D eigenvalue weighted by molar-refractivity contribution is 6.18. The number of nitrogens with one attached hydrogen (secondary N) is 1. The lowest BCUT2D eigenvalue weighted by molar-refractivity contribution is -0.134. The van der Waals surface area contributed by atoms with Crippen molar-refractivity contribution in [3.63, 3.8) is 0 Å². The van der Waals surface area contributed by atoms with E-state index in [4.69, 9.17) is 11.6 Å². The number of hydrogen-bond donors (Lipinski definition) is 1. The summed E-state index contributed by atoms with van der Waals surface area (Å²) in [6.07, 6.45) is -5.00. The van der Waals surface area contributed by atoms with Gasteiger partial charge in [0.15, 0.2) is 0 Å². The van der Waals surface area contributed by atoms with Crippen LogP contribution in [0.25, 0.3) is 0 Å². The fourth-order valence-electron chi connectivity index (χ4n) is 1.51. The Morgan fingerprint density at radius 1 is 1.18 bits per heavy atom. The Morgan fingerprint density at radius 3 is 2.24 bits per heavy atom. The van der Waals surface area contributed by atoms with Crippen molar-refractivity contribution >= 4 is 11.6 Å². The Bertz CT molecular complexity index is 339. The van der Waals surface area contributed by atoms with Gasteiger partial charge in [0.05, 0.1) is 12.0 Å². The molecule has 0 radical (unpaired) electrons. The van der Waals surface area contributed by atoms with Gasteiger partial charge in [-0.25, -0.2) is 0 Å². The fraction of sp³-hybridized carbons (Fsp3) is 0.500. The van der Waals surface area contributed by atoms with Gasteiger partial charge in [0.1, 0.15) is 0 Å². The number of halogens is 4. The van der Waals surface area contributed by atoms with Crippen LogP contribution in [-0.4, -0.2) is 18.6 Å². The maximum absolute atomic E-state index is 12.1. The third-order valence-corrected chi connectivity index (χ3v) is 3.14. The summed E-state index contributed by atoms with van der Waals surface area (Å²) >= 11 is 5.85. The highest BCUT2D eigenvalue weighted by atomic mass is 35.5. The molecule has 0 fully saturated rings. The Labute approximate surface area is 104 Å². The van der Waals surface area contributed by atoms with Gasteiger partial charge in [-0.15, -0.1) is 11.6 Å². The maximum atomic E-state index is 12.1. The van der Waals surface area contributed by atoms with Crippen molar-refractivity contribution in [1.82, 2.24) is 5.32 Å². The minimum Gasteiger partial charge on any atom is -0.306 e. The highest BCUT2D eigenvalue weighted by Gasteiger charge is 2.30. The van der Waals surface area contributed by atoms with Gasteiger partial charge >= 0.3 is 6.18 Å². The molecule has 1 aromatic rings. The van der Waals surface area contributed by atoms with Gasteiger partial charge in [-0.05, 0) is 12.5 Å². The quantitative estimate of drug-likeness (QED) is 0.801. The van der Waals surface area contributed by atoms with Crippen LogP contribution in [0.15, 0.2) is 30.3 Å². The van der Waals surface area contributed by atoms with Crippen LogP contribution in [0, 0.1) is 0 Å². The van der Waals surface area contributed by atoms with Gasteiger partial charge in [0.2, 0.25) is 0 Å². The molecule has 0 amide bonds. The van der Waals surface area contributed by atoms with E-state index in [1.807, 2.05) is 30.3 Å². The largest absolute Gasteiger partial charge is 0.390 e. The van der Waals surface area contributed by atoms with E-state index in [1.54, 1.807) is 6.92 Å². The normalized spacial score (nSPS) is 15.6. The Balaban J connectivity index is 2.64. The van der Waals surface area contributed by atoms with Crippen LogP contribution < -0.4 is 5.32 Å². The zero-order chi connectivity index (χ0) is 12.9. The second-order valence-corrected chi connectivity index (χ2v) is 4.39. The minimum absolute atomic E-state index is 0.137. The molecule has 96 valence electrons. The topological polar surface area (TPSA) is 12.0 Å². The molecule has 1 nitrogen and oxygen atoms in total. The third-order valence-electron chi connectivity index (χ3n) is 2.60. The van der Waals surface area contributed by atoms with E-state index in [2.05, 4.69) is 5.32 Å². The van der Waals surface area contributed by atoms with Crippen LogP contribution >= 0.6 is 11.6 Å². The summed E-state index contributed by atoms with van der Waals surface area (Å²) in [5.74, 6) is 0.217. The molecule has 1 rings (SSSR count). The monoisotopic (exact) mass is 265 g/mol. The van der Waals surface area contributed by atoms with Crippen LogP contribution in [0.5, 0.6) is 0 Å². The smallest absolute Gasteiger partial charge is 0.306 e. The SMILES string of the molecule is CC(CCl)(NCCC(F)(F)F)c1ccccc1. The molecule has 1 atom stereocenters. The molecule has 0 aromatic heterocycles. The summed E-state index contributed by atoms with van der Waals surface area (Å²) in [7, 11) is 0. The van der Waals surface area contributed by atoms with Crippen molar-refractivity contribution in [2.24, 2.45) is 0 Å². The first-order valence-electron chi connectivity index (χ1n) is 5.31. The highest BCUT2D eigenvalue weighted by Crippen LogP contribution is 2.24. The predicted molar refractivity (Wildman–Crippen MR) is 63.2 cm³/mol. The second-order valence-electron chi connectivity index (χ2n) is 4.12. The summed E-state index contributed by atoms with van der Waals surface area (Å²) in [5.41, 5.74) is 0.255. The molecule has 1 N–H and O–H groups in total. The summed E-state index contributed by atoms with van der Waals surface area (Å²) in [5, 5.41) is 2.87. The lowest BCUT2D eigenvalue weighted by atomic mass is 9.94. The van der Waals surface area contributed by atoms with Crippen molar-refractivity contribution in [1.29, 1.82) is 0 Å². The first-order valence-corrected chi connectivity index (χ1v) is 5.84. The minimum atomic E-state index is -4.14. The summed E-state index contributed by atoms with van der Waals surface area (Å²) in [6.45, 7) is 1.66. The molecule has 17 heavy (non-hydrogen) atoms. The summed E-state index contributed by atoms with van der Waals surface area (Å²) in [4.78, 5) is 0. The van der Waals surface area contributed by atoms with Crippen molar-refractivity contribution in [3.05, 3.63) is 35.9 Å². The first-order chi connectivity index (χ1) is 7.87. The summed E-state index contributed by atoms with van der Waals surface area (Å²) in [6, 6.07) is 9.23. The average Bonchev–Trinajstić information content (AvgIpc) is 2.28. The zero-order valence-corrected chi connectivity index (χ0v) is 10.3. The number of alkyl halides is 4. The number of rotatable bonds is 5. The molecule has 0 spiro atoms. The maximum Gasteiger partial charge on any atom is 0.390 e. The molecular formula is C12H15ClF3N. The van der Waals surface area contributed by atoms with E-state index in [0.717, 1.165) is 5.56 Å². The average molecular weight is 266 g/mol. The van der Waals surface area contributed by atoms with Crippen LogP contribution in [0.4, 0.5) is 13.2 Å².